The Balaban J connectivity index is 1.34. The molecule has 0 unspecified atom stereocenters. The molecule has 0 amide bonds. The van der Waals surface area contributed by atoms with Crippen LogP contribution in [0.15, 0.2) is 109 Å². The molecule has 0 saturated heterocycles. The van der Waals surface area contributed by atoms with Crippen LogP contribution in [0.25, 0.3) is 27.6 Å². The fourth-order valence-electron chi connectivity index (χ4n) is 5.96. The highest BCUT2D eigenvalue weighted by Crippen LogP contribution is 2.43. The fourth-order valence-corrected chi connectivity index (χ4v) is 5.96. The summed E-state index contributed by atoms with van der Waals surface area (Å²) >= 11 is 0. The summed E-state index contributed by atoms with van der Waals surface area (Å²) in [5, 5.41) is 4.95. The predicted molar refractivity (Wildman–Crippen MR) is 174 cm³/mol. The summed E-state index contributed by atoms with van der Waals surface area (Å²) in [4.78, 5) is 10.8. The molecule has 0 saturated carbocycles. The molecule has 0 N–H and O–H groups in total. The molecule has 4 aromatic carbocycles. The average molecular weight is 556 g/mol. The lowest BCUT2D eigenvalue weighted by molar-refractivity contribution is 0.142. The molecule has 0 spiro atoms. The number of para-hydroxylation sites is 3. The van der Waals surface area contributed by atoms with E-state index in [1.165, 1.54) is 16.3 Å². The molecular formula is C37H36N4O. The Kier molecular flexibility index (Phi) is 5.19. The van der Waals surface area contributed by atoms with E-state index in [2.05, 4.69) is 106 Å². The van der Waals surface area contributed by atoms with E-state index in [1.807, 2.05) is 36.5 Å². The molecule has 7 rings (SSSR count). The molecule has 0 bridgehead atoms. The lowest BCUT2D eigenvalue weighted by atomic mass is 9.77. The van der Waals surface area contributed by atoms with Gasteiger partial charge in [0.25, 0.3) is 0 Å². The second kappa shape index (κ2) is 9.47. The summed E-state index contributed by atoms with van der Waals surface area (Å²) in [6.45, 7) is 8.65. The van der Waals surface area contributed by atoms with Crippen molar-refractivity contribution >= 4 is 38.9 Å². The number of benzene rings is 4. The molecule has 1 aliphatic rings. The maximum atomic E-state index is 8.00. The normalized spacial score (nSPS) is 15.1. The van der Waals surface area contributed by atoms with Gasteiger partial charge in [-0.3, -0.25) is 4.57 Å². The van der Waals surface area contributed by atoms with Crippen LogP contribution in [0.1, 0.15) is 55.4 Å². The highest BCUT2D eigenvalue weighted by Gasteiger charge is 2.29. The van der Waals surface area contributed by atoms with Gasteiger partial charge in [-0.1, -0.05) is 89.2 Å². The first-order valence-corrected chi connectivity index (χ1v) is 14.3. The number of hydroxylamine groups is 1. The van der Waals surface area contributed by atoms with Crippen LogP contribution in [0.5, 0.6) is 0 Å². The lowest BCUT2D eigenvalue weighted by Crippen LogP contribution is -2.22. The monoisotopic (exact) mass is 555 g/mol. The van der Waals surface area contributed by atoms with Gasteiger partial charge in [0.05, 0.1) is 28.1 Å². The van der Waals surface area contributed by atoms with E-state index in [0.29, 0.717) is 11.4 Å². The quantitative estimate of drug-likeness (QED) is 0.217. The summed E-state index contributed by atoms with van der Waals surface area (Å²) in [7, 11) is 0. The van der Waals surface area contributed by atoms with Gasteiger partial charge in [0, 0.05) is 33.5 Å². The van der Waals surface area contributed by atoms with E-state index >= 15 is 0 Å². The first-order valence-electron chi connectivity index (χ1n) is 15.8. The van der Waals surface area contributed by atoms with E-state index in [-0.39, 0.29) is 5.41 Å². The van der Waals surface area contributed by atoms with Crippen LogP contribution in [0, 0.1) is 0 Å². The predicted octanol–water partition coefficient (Wildman–Crippen LogP) is 9.24. The van der Waals surface area contributed by atoms with Gasteiger partial charge in [-0.25, -0.2) is 10.0 Å². The van der Waals surface area contributed by atoms with Crippen molar-refractivity contribution in [1.82, 2.24) is 9.55 Å². The molecule has 210 valence electrons. The van der Waals surface area contributed by atoms with E-state index in [1.54, 1.807) is 11.1 Å². The van der Waals surface area contributed by atoms with Crippen molar-refractivity contribution in [3.05, 3.63) is 126 Å². The maximum absolute atomic E-state index is 8.00. The summed E-state index contributed by atoms with van der Waals surface area (Å²) in [6.07, 6.45) is 1.90. The van der Waals surface area contributed by atoms with E-state index in [4.69, 9.17) is 14.0 Å². The number of pyridine rings is 1. The Hall–Kier alpha value is -4.61. The largest absolute Gasteiger partial charge is 0.294 e. The highest BCUT2D eigenvalue weighted by molar-refractivity contribution is 6.09. The summed E-state index contributed by atoms with van der Waals surface area (Å²) in [5.41, 5.74) is 7.20. The first-order chi connectivity index (χ1) is 21.3. The topological polar surface area (TPSA) is 33.5 Å². The molecule has 6 aromatic rings. The Morgan fingerprint density at radius 3 is 2.21 bits per heavy atom. The van der Waals surface area contributed by atoms with Crippen molar-refractivity contribution < 1.29 is 9.05 Å². The number of hydrogen-bond acceptors (Lipinski definition) is 4. The van der Waals surface area contributed by atoms with Gasteiger partial charge in [0.1, 0.15) is 5.82 Å². The SMILES string of the molecule is [2H]C([2H])([2H])N1ON(c2cccc(C(C)(C)c3ccc4c5ccccc5n(-c5cc(C(C)(C)C)ccn5)c4c3)c2)c2ccccc21. The molecule has 2 aromatic heterocycles. The molecule has 0 atom stereocenters. The number of fused-ring (bicyclic) bond motifs is 4. The fraction of sp³-hybridized carbons (Fsp3) is 0.216. The van der Waals surface area contributed by atoms with E-state index in [0.717, 1.165) is 38.7 Å². The summed E-state index contributed by atoms with van der Waals surface area (Å²) in [5.74, 6) is 0.897. The molecular weight excluding hydrogens is 516 g/mol. The Morgan fingerprint density at radius 1 is 0.667 bits per heavy atom. The van der Waals surface area contributed by atoms with Gasteiger partial charge in [-0.05, 0) is 70.6 Å². The number of hydrogen-bond donors (Lipinski definition) is 0. The summed E-state index contributed by atoms with van der Waals surface area (Å²) in [6, 6.07) is 34.9. The lowest BCUT2D eigenvalue weighted by Gasteiger charge is -2.28. The molecule has 5 heteroatoms. The van der Waals surface area contributed by atoms with Crippen molar-refractivity contribution in [2.75, 3.05) is 17.1 Å². The minimum absolute atomic E-state index is 0.00525. The minimum atomic E-state index is -2.45. The van der Waals surface area contributed by atoms with E-state index < -0.39 is 12.4 Å². The van der Waals surface area contributed by atoms with Crippen LogP contribution in [-0.4, -0.2) is 16.5 Å². The zero-order valence-electron chi connectivity index (χ0n) is 27.6. The Labute approximate surface area is 251 Å². The van der Waals surface area contributed by atoms with E-state index in [9.17, 15) is 0 Å². The number of nitrogens with zero attached hydrogens (tertiary/aromatic N) is 4. The molecule has 42 heavy (non-hydrogen) atoms. The number of aromatic nitrogens is 2. The van der Waals surface area contributed by atoms with Crippen LogP contribution in [-0.2, 0) is 15.8 Å². The van der Waals surface area contributed by atoms with Crippen LogP contribution in [0.3, 0.4) is 0 Å². The molecule has 0 radical (unpaired) electrons. The molecule has 0 fully saturated rings. The van der Waals surface area contributed by atoms with Gasteiger partial charge < -0.3 is 0 Å². The second-order valence-corrected chi connectivity index (χ2v) is 12.6. The Bertz CT molecular complexity index is 2070. The van der Waals surface area contributed by atoms with Crippen molar-refractivity contribution in [1.29, 1.82) is 0 Å². The van der Waals surface area contributed by atoms with Gasteiger partial charge in [0.15, 0.2) is 0 Å². The zero-order chi connectivity index (χ0) is 31.7. The molecule has 5 nitrogen and oxygen atoms in total. The third-order valence-corrected chi connectivity index (χ3v) is 8.52. The van der Waals surface area contributed by atoms with Gasteiger partial charge in [-0.15, -0.1) is 4.94 Å². The van der Waals surface area contributed by atoms with Crippen molar-refractivity contribution in [3.8, 4) is 5.82 Å². The van der Waals surface area contributed by atoms with Crippen LogP contribution in [0.2, 0.25) is 0 Å². The smallest absolute Gasteiger partial charge is 0.137 e. The average Bonchev–Trinajstić information content (AvgIpc) is 3.57. The van der Waals surface area contributed by atoms with Crippen molar-refractivity contribution in [2.24, 2.45) is 0 Å². The first kappa shape index (κ1) is 23.0. The molecule has 3 heterocycles. The third kappa shape index (κ3) is 4.15. The van der Waals surface area contributed by atoms with Gasteiger partial charge in [-0.2, -0.15) is 5.06 Å². The standard InChI is InChI=1S/C37H36N4O/c1-36(2,3)25-20-21-38-35(24-25)40-31-15-8-7-14-29(31)30-19-18-27(23-34(30)40)37(4,5)26-12-11-13-28(22-26)41-33-17-10-9-16-32(33)39(6)42-41/h7-24H,1-6H3/i6D3. The second-order valence-electron chi connectivity index (χ2n) is 12.6. The van der Waals surface area contributed by atoms with Crippen LogP contribution < -0.4 is 10.1 Å². The zero-order valence-corrected chi connectivity index (χ0v) is 24.6. The number of rotatable bonds is 4. The summed E-state index contributed by atoms with van der Waals surface area (Å²) < 4.78 is 26.3. The third-order valence-electron chi connectivity index (χ3n) is 8.52. The minimum Gasteiger partial charge on any atom is -0.294 e. The highest BCUT2D eigenvalue weighted by atomic mass is 16.8. The number of anilines is 3. The maximum Gasteiger partial charge on any atom is 0.137 e. The van der Waals surface area contributed by atoms with Crippen LogP contribution in [0.4, 0.5) is 17.1 Å². The van der Waals surface area contributed by atoms with Gasteiger partial charge >= 0.3 is 0 Å². The Morgan fingerprint density at radius 2 is 1.40 bits per heavy atom. The molecule has 0 aliphatic carbocycles. The van der Waals surface area contributed by atoms with Gasteiger partial charge in [0.2, 0.25) is 0 Å². The van der Waals surface area contributed by atoms with Crippen molar-refractivity contribution in [2.45, 2.75) is 45.4 Å². The molecule has 1 aliphatic heterocycles. The van der Waals surface area contributed by atoms with Crippen molar-refractivity contribution in [3.63, 3.8) is 0 Å². The van der Waals surface area contributed by atoms with Crippen LogP contribution >= 0.6 is 0 Å².